The molecule has 3 aromatic carbocycles. The Labute approximate surface area is 195 Å². The van der Waals surface area contributed by atoms with Gasteiger partial charge in [-0.05, 0) is 36.2 Å². The molecule has 34 heavy (non-hydrogen) atoms. The molecule has 0 saturated heterocycles. The van der Waals surface area contributed by atoms with Gasteiger partial charge in [0.25, 0.3) is 11.5 Å². The zero-order valence-corrected chi connectivity index (χ0v) is 18.8. The van der Waals surface area contributed by atoms with Gasteiger partial charge >= 0.3 is 5.69 Å². The van der Waals surface area contributed by atoms with E-state index < -0.39 is 28.7 Å². The fourth-order valence-electron chi connectivity index (χ4n) is 3.55. The number of rotatable bonds is 6. The summed E-state index contributed by atoms with van der Waals surface area (Å²) >= 11 is 0. The number of nitrogens with zero attached hydrogens (tertiary/aromatic N) is 4. The predicted octanol–water partition coefficient (Wildman–Crippen LogP) is 3.16. The molecule has 0 fully saturated rings. The standard InChI is InChI=1S/C26H23FN4O3/c1-18-11-13-20(14-12-18)17-30-25(33)23(24(32)29(2)16-19-7-4-3-5-8-19)28-31(26(30)34)22-10-6-9-21(27)15-22/h3-15H,16-17H2,1-2H3. The lowest BCUT2D eigenvalue weighted by Crippen LogP contribution is -2.46. The number of aromatic nitrogens is 3. The first-order valence-electron chi connectivity index (χ1n) is 10.7. The normalized spacial score (nSPS) is 10.8. The zero-order valence-electron chi connectivity index (χ0n) is 18.8. The summed E-state index contributed by atoms with van der Waals surface area (Å²) in [6.45, 7) is 2.12. The van der Waals surface area contributed by atoms with Gasteiger partial charge in [0, 0.05) is 13.6 Å². The van der Waals surface area contributed by atoms with E-state index in [1.165, 1.54) is 23.1 Å². The first kappa shape index (κ1) is 22.8. The van der Waals surface area contributed by atoms with Crippen molar-refractivity contribution in [3.8, 4) is 5.69 Å². The summed E-state index contributed by atoms with van der Waals surface area (Å²) in [5.41, 5.74) is 0.731. The molecule has 0 N–H and O–H groups in total. The fraction of sp³-hybridized carbons (Fsp3) is 0.154. The quantitative estimate of drug-likeness (QED) is 0.445. The summed E-state index contributed by atoms with van der Waals surface area (Å²) in [6, 6.07) is 21.9. The van der Waals surface area contributed by atoms with E-state index in [1.54, 1.807) is 19.2 Å². The molecule has 0 aliphatic carbocycles. The van der Waals surface area contributed by atoms with Gasteiger partial charge in [-0.15, -0.1) is 0 Å². The Balaban J connectivity index is 1.82. The topological polar surface area (TPSA) is 77.2 Å². The summed E-state index contributed by atoms with van der Waals surface area (Å²) in [5, 5.41) is 4.08. The van der Waals surface area contributed by atoms with E-state index in [4.69, 9.17) is 0 Å². The van der Waals surface area contributed by atoms with Gasteiger partial charge in [-0.3, -0.25) is 14.2 Å². The second kappa shape index (κ2) is 9.66. The van der Waals surface area contributed by atoms with Gasteiger partial charge in [0.05, 0.1) is 12.2 Å². The molecule has 8 heteroatoms. The zero-order chi connectivity index (χ0) is 24.2. The smallest absolute Gasteiger partial charge is 0.336 e. The van der Waals surface area contributed by atoms with E-state index in [1.807, 2.05) is 49.4 Å². The van der Waals surface area contributed by atoms with Gasteiger partial charge in [0.2, 0.25) is 5.69 Å². The lowest BCUT2D eigenvalue weighted by atomic mass is 10.1. The maximum absolute atomic E-state index is 13.9. The first-order valence-corrected chi connectivity index (χ1v) is 10.7. The highest BCUT2D eigenvalue weighted by atomic mass is 19.1. The van der Waals surface area contributed by atoms with Gasteiger partial charge in [0.1, 0.15) is 5.82 Å². The van der Waals surface area contributed by atoms with Gasteiger partial charge in [-0.2, -0.15) is 9.78 Å². The third kappa shape index (κ3) is 4.85. The Bertz CT molecular complexity index is 1440. The number of amides is 1. The molecule has 0 unspecified atom stereocenters. The van der Waals surface area contributed by atoms with Crippen molar-refractivity contribution in [1.29, 1.82) is 0 Å². The molecular weight excluding hydrogens is 435 g/mol. The van der Waals surface area contributed by atoms with Crippen LogP contribution >= 0.6 is 0 Å². The lowest BCUT2D eigenvalue weighted by Gasteiger charge is -2.18. The Kier molecular flexibility index (Phi) is 6.49. The number of carbonyl (C=O) groups excluding carboxylic acids is 1. The molecule has 0 aliphatic heterocycles. The molecule has 1 aromatic heterocycles. The number of hydrogen-bond acceptors (Lipinski definition) is 4. The van der Waals surface area contributed by atoms with E-state index in [9.17, 15) is 18.8 Å². The van der Waals surface area contributed by atoms with Crippen LogP contribution in [0.15, 0.2) is 88.5 Å². The molecule has 4 aromatic rings. The molecule has 0 atom stereocenters. The molecule has 7 nitrogen and oxygen atoms in total. The third-order valence-corrected chi connectivity index (χ3v) is 5.39. The molecule has 1 amide bonds. The van der Waals surface area contributed by atoms with Gasteiger partial charge in [-0.25, -0.2) is 9.18 Å². The van der Waals surface area contributed by atoms with Crippen LogP contribution in [0.1, 0.15) is 27.2 Å². The van der Waals surface area contributed by atoms with Crippen LogP contribution in [0, 0.1) is 12.7 Å². The highest BCUT2D eigenvalue weighted by Crippen LogP contribution is 2.09. The number of halogens is 1. The molecule has 1 heterocycles. The summed E-state index contributed by atoms with van der Waals surface area (Å²) in [7, 11) is 1.55. The van der Waals surface area contributed by atoms with Crippen molar-refractivity contribution in [3.63, 3.8) is 0 Å². The van der Waals surface area contributed by atoms with Crippen molar-refractivity contribution >= 4 is 5.91 Å². The van der Waals surface area contributed by atoms with Gasteiger partial charge in [0.15, 0.2) is 0 Å². The molecule has 172 valence electrons. The highest BCUT2D eigenvalue weighted by Gasteiger charge is 2.23. The molecule has 0 saturated carbocycles. The lowest BCUT2D eigenvalue weighted by molar-refractivity contribution is 0.0773. The van der Waals surface area contributed by atoms with Crippen LogP contribution in [0.3, 0.4) is 0 Å². The Morgan fingerprint density at radius 3 is 2.32 bits per heavy atom. The maximum Gasteiger partial charge on any atom is 0.352 e. The fourth-order valence-corrected chi connectivity index (χ4v) is 3.55. The Morgan fingerprint density at radius 2 is 1.65 bits per heavy atom. The molecule has 0 aliphatic rings. The van der Waals surface area contributed by atoms with Crippen LogP contribution in [0.25, 0.3) is 5.69 Å². The second-order valence-electron chi connectivity index (χ2n) is 8.05. The van der Waals surface area contributed by atoms with E-state index in [0.29, 0.717) is 5.56 Å². The van der Waals surface area contributed by atoms with Crippen LogP contribution in [0.5, 0.6) is 0 Å². The second-order valence-corrected chi connectivity index (χ2v) is 8.05. The van der Waals surface area contributed by atoms with Crippen molar-refractivity contribution in [3.05, 3.63) is 128 Å². The monoisotopic (exact) mass is 458 g/mol. The molecule has 0 spiro atoms. The first-order chi connectivity index (χ1) is 16.3. The SMILES string of the molecule is Cc1ccc(Cn2c(=O)c(C(=O)N(C)Cc3ccccc3)nn(-c3cccc(F)c3)c2=O)cc1. The highest BCUT2D eigenvalue weighted by molar-refractivity contribution is 5.91. The average molecular weight is 458 g/mol. The molecular formula is C26H23FN4O3. The van der Waals surface area contributed by atoms with Crippen LogP contribution in [-0.4, -0.2) is 32.2 Å². The summed E-state index contributed by atoms with van der Waals surface area (Å²) in [5.74, 6) is -1.21. The average Bonchev–Trinajstić information content (AvgIpc) is 2.83. The predicted molar refractivity (Wildman–Crippen MR) is 127 cm³/mol. The van der Waals surface area contributed by atoms with Crippen molar-refractivity contribution in [2.45, 2.75) is 20.0 Å². The van der Waals surface area contributed by atoms with Crippen LogP contribution in [0.4, 0.5) is 4.39 Å². The van der Waals surface area contributed by atoms with E-state index in [0.717, 1.165) is 26.4 Å². The molecule has 0 radical (unpaired) electrons. The Hall–Kier alpha value is -4.33. The number of benzene rings is 3. The van der Waals surface area contributed by atoms with Crippen molar-refractivity contribution in [2.24, 2.45) is 0 Å². The minimum Gasteiger partial charge on any atom is -0.336 e. The van der Waals surface area contributed by atoms with Crippen molar-refractivity contribution in [2.75, 3.05) is 7.05 Å². The number of hydrogen-bond donors (Lipinski definition) is 0. The largest absolute Gasteiger partial charge is 0.352 e. The van der Waals surface area contributed by atoms with Crippen LogP contribution in [0.2, 0.25) is 0 Å². The van der Waals surface area contributed by atoms with E-state index in [-0.39, 0.29) is 18.8 Å². The van der Waals surface area contributed by atoms with Gasteiger partial charge in [-0.1, -0.05) is 66.2 Å². The van der Waals surface area contributed by atoms with Crippen molar-refractivity contribution in [1.82, 2.24) is 19.2 Å². The van der Waals surface area contributed by atoms with E-state index in [2.05, 4.69) is 5.10 Å². The third-order valence-electron chi connectivity index (χ3n) is 5.39. The maximum atomic E-state index is 13.9. The number of carbonyl (C=O) groups is 1. The van der Waals surface area contributed by atoms with Crippen molar-refractivity contribution < 1.29 is 9.18 Å². The minimum absolute atomic E-state index is 0.0571. The van der Waals surface area contributed by atoms with Crippen LogP contribution < -0.4 is 11.2 Å². The summed E-state index contributed by atoms with van der Waals surface area (Å²) < 4.78 is 15.7. The molecule has 4 rings (SSSR count). The summed E-state index contributed by atoms with van der Waals surface area (Å²) in [6.07, 6.45) is 0. The van der Waals surface area contributed by atoms with Gasteiger partial charge < -0.3 is 4.90 Å². The van der Waals surface area contributed by atoms with E-state index >= 15 is 0 Å². The summed E-state index contributed by atoms with van der Waals surface area (Å²) in [4.78, 5) is 41.1. The van der Waals surface area contributed by atoms with Crippen LogP contribution in [-0.2, 0) is 13.1 Å². The Morgan fingerprint density at radius 1 is 0.941 bits per heavy atom. The molecule has 0 bridgehead atoms. The number of aryl methyl sites for hydroxylation is 1. The minimum atomic E-state index is -0.803.